The highest BCUT2D eigenvalue weighted by atomic mass is 16.6. The van der Waals surface area contributed by atoms with E-state index in [2.05, 4.69) is 17.1 Å². The number of imide groups is 1. The fourth-order valence-corrected chi connectivity index (χ4v) is 4.22. The van der Waals surface area contributed by atoms with Crippen molar-refractivity contribution in [3.63, 3.8) is 0 Å². The van der Waals surface area contributed by atoms with Gasteiger partial charge in [-0.2, -0.15) is 0 Å². The Bertz CT molecular complexity index is 653. The highest BCUT2D eigenvalue weighted by Crippen LogP contribution is 2.29. The van der Waals surface area contributed by atoms with Crippen molar-refractivity contribution in [3.8, 4) is 0 Å². The monoisotopic (exact) mass is 409 g/mol. The average Bonchev–Trinajstić information content (AvgIpc) is 2.94. The van der Waals surface area contributed by atoms with E-state index in [1.54, 1.807) is 16.7 Å². The van der Waals surface area contributed by atoms with E-state index in [9.17, 15) is 19.2 Å². The third-order valence-corrected chi connectivity index (χ3v) is 5.95. The second-order valence-electron chi connectivity index (χ2n) is 7.81. The van der Waals surface area contributed by atoms with Crippen molar-refractivity contribution in [1.29, 1.82) is 0 Å². The number of amides is 5. The second-order valence-corrected chi connectivity index (χ2v) is 7.81. The van der Waals surface area contributed by atoms with E-state index in [0.717, 1.165) is 31.0 Å². The van der Waals surface area contributed by atoms with Crippen molar-refractivity contribution in [2.75, 3.05) is 59.0 Å². The van der Waals surface area contributed by atoms with Crippen LogP contribution in [0.25, 0.3) is 0 Å². The van der Waals surface area contributed by atoms with Gasteiger partial charge in [0.15, 0.2) is 0 Å². The average molecular weight is 409 g/mol. The number of hydrogen-bond acceptors (Lipinski definition) is 6. The molecule has 5 amide bonds. The van der Waals surface area contributed by atoms with Gasteiger partial charge in [0.1, 0.15) is 12.1 Å². The molecule has 3 fully saturated rings. The minimum absolute atomic E-state index is 0.259. The van der Waals surface area contributed by atoms with Crippen molar-refractivity contribution in [2.45, 2.75) is 38.6 Å². The molecule has 0 unspecified atom stereocenters. The molecule has 3 aliphatic rings. The van der Waals surface area contributed by atoms with Crippen LogP contribution >= 0.6 is 0 Å². The first-order chi connectivity index (χ1) is 13.9. The minimum Gasteiger partial charge on any atom is -0.450 e. The summed E-state index contributed by atoms with van der Waals surface area (Å²) >= 11 is 0. The molecule has 162 valence electrons. The van der Waals surface area contributed by atoms with Crippen LogP contribution in [0.15, 0.2) is 0 Å². The van der Waals surface area contributed by atoms with E-state index < -0.39 is 11.6 Å². The molecule has 1 spiro atoms. The van der Waals surface area contributed by atoms with Crippen LogP contribution in [0, 0.1) is 0 Å². The van der Waals surface area contributed by atoms with Gasteiger partial charge in [-0.1, -0.05) is 6.92 Å². The maximum atomic E-state index is 13.0. The maximum Gasteiger partial charge on any atom is 0.409 e. The molecule has 0 radical (unpaired) electrons. The van der Waals surface area contributed by atoms with Gasteiger partial charge >= 0.3 is 12.1 Å². The number of piperazine rings is 1. The van der Waals surface area contributed by atoms with Crippen LogP contribution in [0.2, 0.25) is 0 Å². The van der Waals surface area contributed by atoms with Gasteiger partial charge in [-0.15, -0.1) is 0 Å². The number of rotatable bonds is 5. The van der Waals surface area contributed by atoms with E-state index >= 15 is 0 Å². The van der Waals surface area contributed by atoms with Crippen LogP contribution in [-0.2, 0) is 14.3 Å². The fourth-order valence-electron chi connectivity index (χ4n) is 4.22. The van der Waals surface area contributed by atoms with Gasteiger partial charge in [0.25, 0.3) is 5.91 Å². The Morgan fingerprint density at radius 3 is 2.21 bits per heavy atom. The largest absolute Gasteiger partial charge is 0.450 e. The van der Waals surface area contributed by atoms with Gasteiger partial charge in [-0.25, -0.2) is 9.59 Å². The lowest BCUT2D eigenvalue weighted by Crippen LogP contribution is -2.55. The fraction of sp³-hybridized carbons (Fsp3) is 0.789. The molecular weight excluding hydrogens is 378 g/mol. The lowest BCUT2D eigenvalue weighted by Gasteiger charge is -2.37. The molecule has 3 heterocycles. The van der Waals surface area contributed by atoms with Crippen LogP contribution in [-0.4, -0.2) is 108 Å². The van der Waals surface area contributed by atoms with E-state index in [1.165, 1.54) is 0 Å². The number of carbonyl (C=O) groups excluding carboxylic acids is 4. The first kappa shape index (κ1) is 21.4. The van der Waals surface area contributed by atoms with E-state index in [4.69, 9.17) is 4.74 Å². The molecule has 0 atom stereocenters. The first-order valence-corrected chi connectivity index (χ1v) is 10.5. The van der Waals surface area contributed by atoms with Crippen LogP contribution < -0.4 is 5.32 Å². The van der Waals surface area contributed by atoms with Gasteiger partial charge in [0, 0.05) is 39.3 Å². The topological polar surface area (TPSA) is 103 Å². The summed E-state index contributed by atoms with van der Waals surface area (Å²) in [6.07, 6.45) is 1.81. The predicted molar refractivity (Wildman–Crippen MR) is 104 cm³/mol. The molecule has 0 aromatic carbocycles. The molecule has 3 rings (SSSR count). The van der Waals surface area contributed by atoms with Crippen LogP contribution in [0.5, 0.6) is 0 Å². The van der Waals surface area contributed by atoms with Gasteiger partial charge < -0.3 is 24.8 Å². The molecule has 0 aromatic rings. The zero-order valence-electron chi connectivity index (χ0n) is 17.3. The van der Waals surface area contributed by atoms with Crippen molar-refractivity contribution < 1.29 is 23.9 Å². The smallest absolute Gasteiger partial charge is 0.409 e. The summed E-state index contributed by atoms with van der Waals surface area (Å²) in [5.74, 6) is -0.574. The van der Waals surface area contributed by atoms with Gasteiger partial charge in [-0.3, -0.25) is 14.5 Å². The standard InChI is InChI=1S/C19H31N5O5/c1-3-7-21-8-5-19(6-9-21)16(26)24(17(27)20-19)14-15(25)22-10-12-23(13-11-22)18(28)29-4-2/h3-14H2,1-2H3,(H,20,27). The number of nitrogens with one attached hydrogen (secondary N) is 1. The van der Waals surface area contributed by atoms with E-state index in [-0.39, 0.29) is 24.5 Å². The van der Waals surface area contributed by atoms with Crippen molar-refractivity contribution in [3.05, 3.63) is 0 Å². The lowest BCUT2D eigenvalue weighted by molar-refractivity contribution is -0.140. The number of hydrogen-bond donors (Lipinski definition) is 1. The van der Waals surface area contributed by atoms with Crippen molar-refractivity contribution in [1.82, 2.24) is 24.9 Å². The van der Waals surface area contributed by atoms with Gasteiger partial charge in [0.05, 0.1) is 6.61 Å². The Kier molecular flexibility index (Phi) is 6.61. The van der Waals surface area contributed by atoms with Crippen molar-refractivity contribution >= 4 is 23.9 Å². The Balaban J connectivity index is 1.53. The van der Waals surface area contributed by atoms with E-state index in [1.807, 2.05) is 0 Å². The molecule has 0 bridgehead atoms. The first-order valence-electron chi connectivity index (χ1n) is 10.5. The summed E-state index contributed by atoms with van der Waals surface area (Å²) in [6.45, 7) is 7.89. The predicted octanol–water partition coefficient (Wildman–Crippen LogP) is 0.0835. The molecule has 3 aliphatic heterocycles. The van der Waals surface area contributed by atoms with Crippen LogP contribution in [0.3, 0.4) is 0 Å². The highest BCUT2D eigenvalue weighted by molar-refractivity contribution is 6.09. The SMILES string of the molecule is CCCN1CCC2(CC1)NC(=O)N(CC(=O)N1CCN(C(=O)OCC)CC1)C2=O. The Hall–Kier alpha value is -2.36. The highest BCUT2D eigenvalue weighted by Gasteiger charge is 2.52. The molecule has 10 nitrogen and oxygen atoms in total. The summed E-state index contributed by atoms with van der Waals surface area (Å²) in [5.41, 5.74) is -0.871. The summed E-state index contributed by atoms with van der Waals surface area (Å²) < 4.78 is 4.97. The van der Waals surface area contributed by atoms with Gasteiger partial charge in [0.2, 0.25) is 5.91 Å². The van der Waals surface area contributed by atoms with Crippen LogP contribution in [0.4, 0.5) is 9.59 Å². The third kappa shape index (κ3) is 4.47. The van der Waals surface area contributed by atoms with Gasteiger partial charge in [-0.05, 0) is 32.7 Å². The van der Waals surface area contributed by atoms with E-state index in [0.29, 0.717) is 45.6 Å². The number of urea groups is 1. The Morgan fingerprint density at radius 2 is 1.62 bits per heavy atom. The summed E-state index contributed by atoms with van der Waals surface area (Å²) in [4.78, 5) is 56.3. The molecule has 1 N–H and O–H groups in total. The van der Waals surface area contributed by atoms with Crippen molar-refractivity contribution in [2.24, 2.45) is 0 Å². The molecule has 0 aromatic heterocycles. The molecule has 0 saturated carbocycles. The third-order valence-electron chi connectivity index (χ3n) is 5.95. The second kappa shape index (κ2) is 8.98. The zero-order chi connectivity index (χ0) is 21.0. The Labute approximate surface area is 171 Å². The quantitative estimate of drug-likeness (QED) is 0.646. The summed E-state index contributed by atoms with van der Waals surface area (Å²) in [5, 5.41) is 2.85. The normalized spacial score (nSPS) is 22.2. The molecular formula is C19H31N5O5. The van der Waals surface area contributed by atoms with Crippen LogP contribution in [0.1, 0.15) is 33.1 Å². The Morgan fingerprint density at radius 1 is 1.00 bits per heavy atom. The zero-order valence-corrected chi connectivity index (χ0v) is 17.3. The summed E-state index contributed by atoms with van der Waals surface area (Å²) in [7, 11) is 0. The number of ether oxygens (including phenoxy) is 1. The molecule has 0 aliphatic carbocycles. The molecule has 29 heavy (non-hydrogen) atoms. The number of carbonyl (C=O) groups is 4. The molecule has 3 saturated heterocycles. The molecule has 10 heteroatoms. The minimum atomic E-state index is -0.871. The number of likely N-dealkylation sites (tertiary alicyclic amines) is 1. The maximum absolute atomic E-state index is 13.0. The summed E-state index contributed by atoms with van der Waals surface area (Å²) in [6, 6.07) is -0.488. The lowest BCUT2D eigenvalue weighted by atomic mass is 9.87. The number of nitrogens with zero attached hydrogens (tertiary/aromatic N) is 4. The number of piperidine rings is 1.